The molecular weight excluding hydrogens is 164 g/mol. The lowest BCUT2D eigenvalue weighted by Crippen LogP contribution is -2.28. The smallest absolute Gasteiger partial charge is 0.149 e. The lowest BCUT2D eigenvalue weighted by molar-refractivity contribution is -0.117. The SMILES string of the molecule is CCCCC1CN(CC(C)=O)C=N1. The molecule has 74 valence electrons. The molecule has 0 fully saturated rings. The van der Waals surface area contributed by atoms with Crippen LogP contribution in [0.15, 0.2) is 4.99 Å². The van der Waals surface area contributed by atoms with Gasteiger partial charge in [-0.15, -0.1) is 0 Å². The maximum absolute atomic E-state index is 10.8. The molecule has 3 heteroatoms. The van der Waals surface area contributed by atoms with Crippen LogP contribution in [0.3, 0.4) is 0 Å². The summed E-state index contributed by atoms with van der Waals surface area (Å²) in [6, 6.07) is 0.430. The molecule has 13 heavy (non-hydrogen) atoms. The van der Waals surface area contributed by atoms with Gasteiger partial charge in [-0.25, -0.2) is 0 Å². The summed E-state index contributed by atoms with van der Waals surface area (Å²) in [7, 11) is 0. The maximum Gasteiger partial charge on any atom is 0.149 e. The molecule has 1 atom stereocenters. The van der Waals surface area contributed by atoms with E-state index in [9.17, 15) is 4.79 Å². The van der Waals surface area contributed by atoms with Crippen molar-refractivity contribution in [3.05, 3.63) is 0 Å². The maximum atomic E-state index is 10.8. The van der Waals surface area contributed by atoms with E-state index in [4.69, 9.17) is 0 Å². The van der Waals surface area contributed by atoms with Crippen LogP contribution in [0, 0.1) is 0 Å². The summed E-state index contributed by atoms with van der Waals surface area (Å²) in [5.74, 6) is 0.211. The quantitative estimate of drug-likeness (QED) is 0.645. The van der Waals surface area contributed by atoms with E-state index in [1.807, 2.05) is 11.2 Å². The number of carbonyl (C=O) groups excluding carboxylic acids is 1. The zero-order valence-electron chi connectivity index (χ0n) is 8.49. The summed E-state index contributed by atoms with van der Waals surface area (Å²) in [5, 5.41) is 0. The Morgan fingerprint density at radius 3 is 3.08 bits per heavy atom. The first kappa shape index (κ1) is 10.2. The number of hydrogen-bond donors (Lipinski definition) is 0. The van der Waals surface area contributed by atoms with Crippen LogP contribution >= 0.6 is 0 Å². The van der Waals surface area contributed by atoms with E-state index in [-0.39, 0.29) is 5.78 Å². The van der Waals surface area contributed by atoms with Crippen LogP contribution in [0.25, 0.3) is 0 Å². The Balaban J connectivity index is 2.21. The zero-order chi connectivity index (χ0) is 9.68. The molecule has 0 saturated carbocycles. The number of hydrogen-bond acceptors (Lipinski definition) is 3. The van der Waals surface area contributed by atoms with Gasteiger partial charge in [0.05, 0.1) is 18.9 Å². The average Bonchev–Trinajstić information content (AvgIpc) is 2.48. The Hall–Kier alpha value is -0.860. The normalized spacial score (nSPS) is 21.1. The van der Waals surface area contributed by atoms with Gasteiger partial charge in [0.25, 0.3) is 0 Å². The molecule has 0 radical (unpaired) electrons. The van der Waals surface area contributed by atoms with E-state index in [0.717, 1.165) is 13.0 Å². The number of rotatable bonds is 5. The molecule has 3 nitrogen and oxygen atoms in total. The standard InChI is InChI=1S/C10H18N2O/c1-3-4-5-10-7-12(8-11-10)6-9(2)13/h8,10H,3-7H2,1-2H3. The molecule has 1 rings (SSSR count). The summed E-state index contributed by atoms with van der Waals surface area (Å²) in [6.07, 6.45) is 5.43. The molecule has 0 aromatic carbocycles. The molecule has 0 aromatic rings. The average molecular weight is 182 g/mol. The molecule has 1 unspecified atom stereocenters. The van der Waals surface area contributed by atoms with Crippen LogP contribution < -0.4 is 0 Å². The molecule has 0 saturated heterocycles. The molecule has 0 N–H and O–H groups in total. The number of carbonyl (C=O) groups is 1. The largest absolute Gasteiger partial charge is 0.353 e. The van der Waals surface area contributed by atoms with Gasteiger partial charge in [0.15, 0.2) is 0 Å². The third-order valence-corrected chi connectivity index (χ3v) is 2.20. The van der Waals surface area contributed by atoms with E-state index >= 15 is 0 Å². The van der Waals surface area contributed by atoms with Crippen LogP contribution in [-0.2, 0) is 4.79 Å². The van der Waals surface area contributed by atoms with Crippen molar-refractivity contribution in [2.75, 3.05) is 13.1 Å². The highest BCUT2D eigenvalue weighted by molar-refractivity contribution is 5.80. The second-order valence-corrected chi connectivity index (χ2v) is 3.69. The zero-order valence-corrected chi connectivity index (χ0v) is 8.49. The molecule has 0 amide bonds. The molecular formula is C10H18N2O. The van der Waals surface area contributed by atoms with Crippen molar-refractivity contribution in [3.8, 4) is 0 Å². The predicted octanol–water partition coefficient (Wildman–Crippen LogP) is 1.48. The van der Waals surface area contributed by atoms with Gasteiger partial charge in [-0.2, -0.15) is 0 Å². The molecule has 0 aromatic heterocycles. The van der Waals surface area contributed by atoms with Crippen LogP contribution in [-0.4, -0.2) is 36.2 Å². The second-order valence-electron chi connectivity index (χ2n) is 3.69. The van der Waals surface area contributed by atoms with Gasteiger partial charge in [-0.05, 0) is 13.3 Å². The van der Waals surface area contributed by atoms with E-state index in [1.165, 1.54) is 12.8 Å². The fourth-order valence-corrected chi connectivity index (χ4v) is 1.55. The second kappa shape index (κ2) is 5.00. The van der Waals surface area contributed by atoms with Crippen molar-refractivity contribution in [1.29, 1.82) is 0 Å². The molecule has 0 aliphatic carbocycles. The van der Waals surface area contributed by atoms with Gasteiger partial charge < -0.3 is 4.90 Å². The number of nitrogens with zero attached hydrogens (tertiary/aromatic N) is 2. The van der Waals surface area contributed by atoms with Gasteiger partial charge in [0.2, 0.25) is 0 Å². The van der Waals surface area contributed by atoms with Crippen LogP contribution in [0.2, 0.25) is 0 Å². The van der Waals surface area contributed by atoms with E-state index in [1.54, 1.807) is 6.92 Å². The first-order valence-corrected chi connectivity index (χ1v) is 4.99. The van der Waals surface area contributed by atoms with Crippen molar-refractivity contribution in [3.63, 3.8) is 0 Å². The summed E-state index contributed by atoms with van der Waals surface area (Å²) < 4.78 is 0. The number of unbranched alkanes of at least 4 members (excludes halogenated alkanes) is 1. The minimum atomic E-state index is 0.211. The molecule has 0 spiro atoms. The molecule has 1 aliphatic heterocycles. The van der Waals surface area contributed by atoms with Gasteiger partial charge in [-0.1, -0.05) is 19.8 Å². The molecule has 1 aliphatic rings. The van der Waals surface area contributed by atoms with Gasteiger partial charge >= 0.3 is 0 Å². The summed E-state index contributed by atoms with van der Waals surface area (Å²) in [5.41, 5.74) is 0. The third-order valence-electron chi connectivity index (χ3n) is 2.20. The van der Waals surface area contributed by atoms with E-state index in [0.29, 0.717) is 12.6 Å². The van der Waals surface area contributed by atoms with Gasteiger partial charge in [0, 0.05) is 6.54 Å². The predicted molar refractivity (Wildman–Crippen MR) is 54.1 cm³/mol. The summed E-state index contributed by atoms with van der Waals surface area (Å²) in [4.78, 5) is 17.2. The first-order chi connectivity index (χ1) is 6.22. The fourth-order valence-electron chi connectivity index (χ4n) is 1.55. The Labute approximate surface area is 79.8 Å². The van der Waals surface area contributed by atoms with Crippen LogP contribution in [0.5, 0.6) is 0 Å². The minimum absolute atomic E-state index is 0.211. The van der Waals surface area contributed by atoms with Gasteiger partial charge in [0.1, 0.15) is 5.78 Å². The Bertz CT molecular complexity index is 201. The highest BCUT2D eigenvalue weighted by Gasteiger charge is 2.16. The van der Waals surface area contributed by atoms with Gasteiger partial charge in [-0.3, -0.25) is 9.79 Å². The lowest BCUT2D eigenvalue weighted by Gasteiger charge is -2.13. The van der Waals surface area contributed by atoms with E-state index in [2.05, 4.69) is 11.9 Å². The first-order valence-electron chi connectivity index (χ1n) is 4.99. The Morgan fingerprint density at radius 1 is 1.69 bits per heavy atom. The van der Waals surface area contributed by atoms with E-state index < -0.39 is 0 Å². The highest BCUT2D eigenvalue weighted by atomic mass is 16.1. The van der Waals surface area contributed by atoms with Crippen molar-refractivity contribution < 1.29 is 4.79 Å². The number of aliphatic imine (C=N–C) groups is 1. The topological polar surface area (TPSA) is 32.7 Å². The third kappa shape index (κ3) is 3.57. The Kier molecular flexibility index (Phi) is 3.93. The van der Waals surface area contributed by atoms with Crippen molar-refractivity contribution in [1.82, 2.24) is 4.90 Å². The minimum Gasteiger partial charge on any atom is -0.353 e. The fraction of sp³-hybridized carbons (Fsp3) is 0.800. The van der Waals surface area contributed by atoms with Crippen LogP contribution in [0.4, 0.5) is 0 Å². The number of ketones is 1. The van der Waals surface area contributed by atoms with Crippen LogP contribution in [0.1, 0.15) is 33.1 Å². The lowest BCUT2D eigenvalue weighted by atomic mass is 10.1. The van der Waals surface area contributed by atoms with Crippen molar-refractivity contribution >= 4 is 12.1 Å². The summed E-state index contributed by atoms with van der Waals surface area (Å²) in [6.45, 7) is 5.25. The Morgan fingerprint density at radius 2 is 2.46 bits per heavy atom. The molecule has 0 bridgehead atoms. The van der Waals surface area contributed by atoms with Crippen molar-refractivity contribution in [2.24, 2.45) is 4.99 Å². The summed E-state index contributed by atoms with van der Waals surface area (Å²) >= 11 is 0. The monoisotopic (exact) mass is 182 g/mol. The van der Waals surface area contributed by atoms with Crippen molar-refractivity contribution in [2.45, 2.75) is 39.2 Å². The highest BCUT2D eigenvalue weighted by Crippen LogP contribution is 2.10. The molecule has 1 heterocycles. The number of Topliss-reactive ketones (excluding diaryl/α,β-unsaturated/α-hetero) is 1.